The minimum Gasteiger partial charge on any atom is -0.481 e. The smallest absolute Gasteiger partial charge is 0.416 e. The topological polar surface area (TPSA) is 46.5 Å². The fourth-order valence-electron chi connectivity index (χ4n) is 3.26. The molecule has 0 aliphatic carbocycles. The maximum absolute atomic E-state index is 12.9. The SMILES string of the molecule is CC(S)CC(C(=O)O)c1cc(Oc2ccc(Cl)cc2)cc(-c2ccc(C(F)(F)F)cc2)c1. The number of carboxylic acids is 1. The van der Waals surface area contributed by atoms with Crippen molar-refractivity contribution in [2.75, 3.05) is 0 Å². The van der Waals surface area contributed by atoms with Crippen molar-refractivity contribution in [2.45, 2.75) is 30.7 Å². The zero-order valence-corrected chi connectivity index (χ0v) is 18.6. The van der Waals surface area contributed by atoms with E-state index in [-0.39, 0.29) is 11.7 Å². The van der Waals surface area contributed by atoms with Crippen LogP contribution in [0.3, 0.4) is 0 Å². The third kappa shape index (κ3) is 6.20. The second kappa shape index (κ2) is 9.88. The molecule has 32 heavy (non-hydrogen) atoms. The van der Waals surface area contributed by atoms with Gasteiger partial charge in [-0.05, 0) is 76.9 Å². The molecule has 0 aromatic heterocycles. The molecule has 0 heterocycles. The Morgan fingerprint density at radius 1 is 1.00 bits per heavy atom. The van der Waals surface area contributed by atoms with Crippen molar-refractivity contribution in [2.24, 2.45) is 0 Å². The van der Waals surface area contributed by atoms with Gasteiger partial charge in [0, 0.05) is 5.02 Å². The van der Waals surface area contributed by atoms with Crippen LogP contribution in [0, 0.1) is 0 Å². The van der Waals surface area contributed by atoms with Gasteiger partial charge in [0.1, 0.15) is 11.5 Å². The van der Waals surface area contributed by atoms with Gasteiger partial charge in [-0.25, -0.2) is 0 Å². The Labute approximate surface area is 194 Å². The Hall–Kier alpha value is -2.64. The third-order valence-electron chi connectivity index (χ3n) is 4.80. The molecule has 3 aromatic rings. The minimum atomic E-state index is -4.44. The molecular weight excluding hydrogens is 461 g/mol. The van der Waals surface area contributed by atoms with E-state index < -0.39 is 23.6 Å². The number of benzene rings is 3. The maximum Gasteiger partial charge on any atom is 0.416 e. The van der Waals surface area contributed by atoms with E-state index in [0.29, 0.717) is 33.2 Å². The van der Waals surface area contributed by atoms with Crippen LogP contribution in [-0.2, 0) is 11.0 Å². The van der Waals surface area contributed by atoms with Crippen LogP contribution in [0.2, 0.25) is 5.02 Å². The zero-order valence-electron chi connectivity index (χ0n) is 16.9. The van der Waals surface area contributed by atoms with Gasteiger partial charge in [-0.15, -0.1) is 0 Å². The summed E-state index contributed by atoms with van der Waals surface area (Å²) in [5, 5.41) is 10.1. The van der Waals surface area contributed by atoms with Gasteiger partial charge < -0.3 is 9.84 Å². The molecule has 0 aliphatic heterocycles. The van der Waals surface area contributed by atoms with Crippen LogP contribution in [0.25, 0.3) is 11.1 Å². The van der Waals surface area contributed by atoms with Crippen LogP contribution < -0.4 is 4.74 Å². The minimum absolute atomic E-state index is 0.175. The molecule has 0 radical (unpaired) electrons. The summed E-state index contributed by atoms with van der Waals surface area (Å²) in [5.74, 6) is -1.03. The van der Waals surface area contributed by atoms with Crippen molar-refractivity contribution >= 4 is 30.2 Å². The number of ether oxygens (including phenoxy) is 1. The predicted octanol–water partition coefficient (Wildman–Crippen LogP) is 7.69. The monoisotopic (exact) mass is 480 g/mol. The summed E-state index contributed by atoms with van der Waals surface area (Å²) in [7, 11) is 0. The van der Waals surface area contributed by atoms with E-state index in [4.69, 9.17) is 16.3 Å². The van der Waals surface area contributed by atoms with Crippen LogP contribution in [-0.4, -0.2) is 16.3 Å². The number of halogens is 4. The molecule has 2 unspecified atom stereocenters. The lowest BCUT2D eigenvalue weighted by Crippen LogP contribution is -2.15. The fraction of sp³-hybridized carbons (Fsp3) is 0.208. The van der Waals surface area contributed by atoms with E-state index in [0.717, 1.165) is 12.1 Å². The second-order valence-electron chi connectivity index (χ2n) is 7.40. The molecule has 1 N–H and O–H groups in total. The summed E-state index contributed by atoms with van der Waals surface area (Å²) in [5.41, 5.74) is 0.754. The average molecular weight is 481 g/mol. The number of alkyl halides is 3. The molecular formula is C24H20ClF3O3S. The Bertz CT molecular complexity index is 1080. The molecule has 0 saturated heterocycles. The molecule has 168 valence electrons. The van der Waals surface area contributed by atoms with Crippen molar-refractivity contribution in [1.29, 1.82) is 0 Å². The van der Waals surface area contributed by atoms with E-state index in [1.54, 1.807) is 49.4 Å². The van der Waals surface area contributed by atoms with Crippen LogP contribution in [0.15, 0.2) is 66.7 Å². The quantitative estimate of drug-likeness (QED) is 0.341. The van der Waals surface area contributed by atoms with Crippen LogP contribution >= 0.6 is 24.2 Å². The molecule has 2 atom stereocenters. The van der Waals surface area contributed by atoms with Crippen molar-refractivity contribution in [3.05, 3.63) is 82.9 Å². The first-order valence-electron chi connectivity index (χ1n) is 9.70. The summed E-state index contributed by atoms with van der Waals surface area (Å²) >= 11 is 10.2. The molecule has 0 saturated carbocycles. The van der Waals surface area contributed by atoms with E-state index in [9.17, 15) is 23.1 Å². The lowest BCUT2D eigenvalue weighted by Gasteiger charge is -2.18. The van der Waals surface area contributed by atoms with Crippen molar-refractivity contribution in [3.8, 4) is 22.6 Å². The molecule has 0 amide bonds. The average Bonchev–Trinajstić information content (AvgIpc) is 2.72. The summed E-state index contributed by atoms with van der Waals surface area (Å²) in [6.45, 7) is 1.80. The number of carbonyl (C=O) groups is 1. The standard InChI is InChI=1S/C24H20ClF3O3S/c1-14(32)10-22(23(29)30)17-11-16(15-2-4-18(5-3-15)24(26,27)28)12-21(13-17)31-20-8-6-19(25)7-9-20/h2-9,11-14,22,32H,10H2,1H3,(H,29,30). The molecule has 3 nitrogen and oxygen atoms in total. The predicted molar refractivity (Wildman–Crippen MR) is 122 cm³/mol. The van der Waals surface area contributed by atoms with Gasteiger partial charge in [-0.3, -0.25) is 4.79 Å². The van der Waals surface area contributed by atoms with Gasteiger partial charge in [-0.2, -0.15) is 25.8 Å². The summed E-state index contributed by atoms with van der Waals surface area (Å²) in [6, 6.07) is 16.3. The van der Waals surface area contributed by atoms with E-state index in [1.165, 1.54) is 12.1 Å². The molecule has 0 spiro atoms. The van der Waals surface area contributed by atoms with Crippen LogP contribution in [0.1, 0.15) is 30.4 Å². The van der Waals surface area contributed by atoms with Crippen molar-refractivity contribution < 1.29 is 27.8 Å². The van der Waals surface area contributed by atoms with Crippen LogP contribution in [0.4, 0.5) is 13.2 Å². The highest BCUT2D eigenvalue weighted by atomic mass is 35.5. The van der Waals surface area contributed by atoms with Gasteiger partial charge in [0.15, 0.2) is 0 Å². The Kier molecular flexibility index (Phi) is 7.41. The largest absolute Gasteiger partial charge is 0.481 e. The Morgan fingerprint density at radius 3 is 2.16 bits per heavy atom. The lowest BCUT2D eigenvalue weighted by atomic mass is 9.91. The first-order valence-corrected chi connectivity index (χ1v) is 10.6. The number of thiol groups is 1. The number of carboxylic acid groups (broad SMARTS) is 1. The van der Waals surface area contributed by atoms with Gasteiger partial charge >= 0.3 is 12.1 Å². The molecule has 0 bridgehead atoms. The number of rotatable bonds is 7. The first kappa shape index (κ1) is 24.0. The van der Waals surface area contributed by atoms with E-state index in [1.807, 2.05) is 0 Å². The maximum atomic E-state index is 12.9. The van der Waals surface area contributed by atoms with Crippen molar-refractivity contribution in [3.63, 3.8) is 0 Å². The van der Waals surface area contributed by atoms with Crippen LogP contribution in [0.5, 0.6) is 11.5 Å². The second-order valence-corrected chi connectivity index (χ2v) is 8.72. The van der Waals surface area contributed by atoms with E-state index >= 15 is 0 Å². The van der Waals surface area contributed by atoms with Gasteiger partial charge in [0.25, 0.3) is 0 Å². The molecule has 3 rings (SSSR count). The first-order chi connectivity index (χ1) is 15.0. The summed E-state index contributed by atoms with van der Waals surface area (Å²) in [4.78, 5) is 11.9. The molecule has 8 heteroatoms. The highest BCUT2D eigenvalue weighted by Gasteiger charge is 2.30. The zero-order chi connectivity index (χ0) is 23.5. The third-order valence-corrected chi connectivity index (χ3v) is 5.26. The highest BCUT2D eigenvalue weighted by Crippen LogP contribution is 2.36. The molecule has 0 fully saturated rings. The number of aliphatic carboxylic acids is 1. The lowest BCUT2D eigenvalue weighted by molar-refractivity contribution is -0.139. The summed E-state index contributed by atoms with van der Waals surface area (Å²) in [6.07, 6.45) is -4.17. The van der Waals surface area contributed by atoms with Gasteiger partial charge in [0.05, 0.1) is 11.5 Å². The highest BCUT2D eigenvalue weighted by molar-refractivity contribution is 7.80. The molecule has 3 aromatic carbocycles. The van der Waals surface area contributed by atoms with Gasteiger partial charge in [0.2, 0.25) is 0 Å². The molecule has 0 aliphatic rings. The van der Waals surface area contributed by atoms with E-state index in [2.05, 4.69) is 12.6 Å². The normalized spacial score (nSPS) is 13.4. The van der Waals surface area contributed by atoms with Gasteiger partial charge in [-0.1, -0.05) is 36.7 Å². The fourth-order valence-corrected chi connectivity index (χ4v) is 3.60. The summed E-state index contributed by atoms with van der Waals surface area (Å²) < 4.78 is 44.7. The Balaban J connectivity index is 2.06. The number of hydrogen-bond donors (Lipinski definition) is 2. The number of hydrogen-bond acceptors (Lipinski definition) is 3. The Morgan fingerprint density at radius 2 is 1.62 bits per heavy atom. The van der Waals surface area contributed by atoms with Crippen molar-refractivity contribution in [1.82, 2.24) is 0 Å².